The SMILES string of the molecule is COc1c(C(F)(F)F)ccc(F)c1C=O. The van der Waals surface area contributed by atoms with E-state index in [4.69, 9.17) is 0 Å². The second-order valence-electron chi connectivity index (χ2n) is 2.66. The van der Waals surface area contributed by atoms with Crippen molar-refractivity contribution in [3.63, 3.8) is 0 Å². The number of hydrogen-bond acceptors (Lipinski definition) is 2. The lowest BCUT2D eigenvalue weighted by molar-refractivity contribution is -0.138. The van der Waals surface area contributed by atoms with E-state index in [0.29, 0.717) is 12.1 Å². The van der Waals surface area contributed by atoms with Crippen LogP contribution < -0.4 is 4.74 Å². The topological polar surface area (TPSA) is 26.3 Å². The summed E-state index contributed by atoms with van der Waals surface area (Å²) < 4.78 is 54.4. The van der Waals surface area contributed by atoms with E-state index in [0.717, 1.165) is 7.11 Å². The highest BCUT2D eigenvalue weighted by atomic mass is 19.4. The van der Waals surface area contributed by atoms with Crippen LogP contribution in [0.25, 0.3) is 0 Å². The summed E-state index contributed by atoms with van der Waals surface area (Å²) in [6.07, 6.45) is -4.69. The molecule has 2 nitrogen and oxygen atoms in total. The number of aldehydes is 1. The number of alkyl halides is 3. The van der Waals surface area contributed by atoms with E-state index in [1.54, 1.807) is 0 Å². The zero-order chi connectivity index (χ0) is 11.6. The Kier molecular flexibility index (Phi) is 2.97. The van der Waals surface area contributed by atoms with Crippen LogP contribution in [0.15, 0.2) is 12.1 Å². The average Bonchev–Trinajstić information content (AvgIpc) is 2.15. The summed E-state index contributed by atoms with van der Waals surface area (Å²) in [6, 6.07) is 1.11. The minimum atomic E-state index is -4.68. The summed E-state index contributed by atoms with van der Waals surface area (Å²) in [5, 5.41) is 0. The summed E-state index contributed by atoms with van der Waals surface area (Å²) in [6.45, 7) is 0. The van der Waals surface area contributed by atoms with Crippen LogP contribution in [0.4, 0.5) is 17.6 Å². The van der Waals surface area contributed by atoms with Gasteiger partial charge in [-0.1, -0.05) is 0 Å². The van der Waals surface area contributed by atoms with Gasteiger partial charge in [-0.15, -0.1) is 0 Å². The first-order chi connectivity index (χ1) is 6.91. The molecule has 0 heterocycles. The first-order valence-corrected chi connectivity index (χ1v) is 3.80. The summed E-state index contributed by atoms with van der Waals surface area (Å²) in [4.78, 5) is 10.4. The maximum Gasteiger partial charge on any atom is 0.419 e. The van der Waals surface area contributed by atoms with E-state index in [2.05, 4.69) is 4.74 Å². The Balaban J connectivity index is 3.49. The molecule has 1 rings (SSSR count). The van der Waals surface area contributed by atoms with Crippen molar-refractivity contribution in [2.45, 2.75) is 6.18 Å². The van der Waals surface area contributed by atoms with Gasteiger partial charge in [0.1, 0.15) is 11.6 Å². The lowest BCUT2D eigenvalue weighted by Gasteiger charge is -2.13. The molecule has 1 aromatic rings. The fourth-order valence-electron chi connectivity index (χ4n) is 1.13. The molecule has 6 heteroatoms. The molecule has 0 saturated carbocycles. The maximum atomic E-state index is 12.9. The first-order valence-electron chi connectivity index (χ1n) is 3.80. The number of ether oxygens (including phenoxy) is 1. The Morgan fingerprint density at radius 3 is 2.33 bits per heavy atom. The van der Waals surface area contributed by atoms with Crippen LogP contribution in [0, 0.1) is 5.82 Å². The number of hydrogen-bond donors (Lipinski definition) is 0. The Morgan fingerprint density at radius 1 is 1.33 bits per heavy atom. The second-order valence-corrected chi connectivity index (χ2v) is 2.66. The Morgan fingerprint density at radius 2 is 1.93 bits per heavy atom. The lowest BCUT2D eigenvalue weighted by Crippen LogP contribution is -2.10. The smallest absolute Gasteiger partial charge is 0.419 e. The van der Waals surface area contributed by atoms with E-state index in [9.17, 15) is 22.4 Å². The number of carbonyl (C=O) groups excluding carboxylic acids is 1. The lowest BCUT2D eigenvalue weighted by atomic mass is 10.1. The molecule has 0 spiro atoms. The monoisotopic (exact) mass is 222 g/mol. The standard InChI is InChI=1S/C9H6F4O2/c1-15-8-5(4-14)7(10)3-2-6(8)9(11,12)13/h2-4H,1H3. The Bertz CT molecular complexity index is 384. The summed E-state index contributed by atoms with van der Waals surface area (Å²) in [5.41, 5.74) is -1.90. The Hall–Kier alpha value is -1.59. The van der Waals surface area contributed by atoms with E-state index in [1.165, 1.54) is 0 Å². The van der Waals surface area contributed by atoms with Gasteiger partial charge in [0.25, 0.3) is 0 Å². The predicted octanol–water partition coefficient (Wildman–Crippen LogP) is 2.67. The van der Waals surface area contributed by atoms with Crippen molar-refractivity contribution >= 4 is 6.29 Å². The van der Waals surface area contributed by atoms with Crippen LogP contribution in [0.3, 0.4) is 0 Å². The van der Waals surface area contributed by atoms with Gasteiger partial charge in [-0.25, -0.2) is 4.39 Å². The number of benzene rings is 1. The molecule has 1 aromatic carbocycles. The van der Waals surface area contributed by atoms with Crippen LogP contribution in [0.2, 0.25) is 0 Å². The molecule has 0 bridgehead atoms. The predicted molar refractivity (Wildman–Crippen MR) is 43.3 cm³/mol. The molecule has 0 unspecified atom stereocenters. The molecule has 0 aromatic heterocycles. The van der Waals surface area contributed by atoms with Crippen molar-refractivity contribution < 1.29 is 27.1 Å². The third-order valence-electron chi connectivity index (χ3n) is 1.77. The summed E-state index contributed by atoms with van der Waals surface area (Å²) in [5.74, 6) is -1.84. The van der Waals surface area contributed by atoms with Crippen molar-refractivity contribution in [3.05, 3.63) is 29.1 Å². The van der Waals surface area contributed by atoms with Crippen LogP contribution in [0.1, 0.15) is 15.9 Å². The van der Waals surface area contributed by atoms with Crippen molar-refractivity contribution in [1.82, 2.24) is 0 Å². The third-order valence-corrected chi connectivity index (χ3v) is 1.77. The van der Waals surface area contributed by atoms with Gasteiger partial charge in [-0.2, -0.15) is 13.2 Å². The van der Waals surface area contributed by atoms with E-state index >= 15 is 0 Å². The second kappa shape index (κ2) is 3.88. The highest BCUT2D eigenvalue weighted by Gasteiger charge is 2.36. The molecular weight excluding hydrogens is 216 g/mol. The average molecular weight is 222 g/mol. The van der Waals surface area contributed by atoms with E-state index in [-0.39, 0.29) is 6.29 Å². The molecule has 82 valence electrons. The summed E-state index contributed by atoms with van der Waals surface area (Å²) in [7, 11) is 0.941. The van der Waals surface area contributed by atoms with Gasteiger partial charge >= 0.3 is 6.18 Å². The normalized spacial score (nSPS) is 11.3. The fraction of sp³-hybridized carbons (Fsp3) is 0.222. The molecule has 0 N–H and O–H groups in total. The molecule has 0 radical (unpaired) electrons. The molecule has 0 fully saturated rings. The van der Waals surface area contributed by atoms with Crippen LogP contribution >= 0.6 is 0 Å². The number of methoxy groups -OCH3 is 1. The van der Waals surface area contributed by atoms with Gasteiger partial charge in [-0.05, 0) is 12.1 Å². The third kappa shape index (κ3) is 2.08. The van der Waals surface area contributed by atoms with E-state index < -0.39 is 28.9 Å². The van der Waals surface area contributed by atoms with Crippen LogP contribution in [0.5, 0.6) is 5.75 Å². The molecule has 0 aliphatic carbocycles. The molecule has 0 aliphatic rings. The molecule has 0 amide bonds. The van der Waals surface area contributed by atoms with Gasteiger partial charge in [-0.3, -0.25) is 4.79 Å². The van der Waals surface area contributed by atoms with Gasteiger partial charge < -0.3 is 4.74 Å². The van der Waals surface area contributed by atoms with Crippen LogP contribution in [-0.2, 0) is 6.18 Å². The molecule has 0 saturated heterocycles. The first kappa shape index (κ1) is 11.5. The minimum absolute atomic E-state index is 0.0105. The van der Waals surface area contributed by atoms with Gasteiger partial charge in [0.15, 0.2) is 6.29 Å². The summed E-state index contributed by atoms with van der Waals surface area (Å²) >= 11 is 0. The van der Waals surface area contributed by atoms with Crippen molar-refractivity contribution in [2.24, 2.45) is 0 Å². The van der Waals surface area contributed by atoms with Crippen molar-refractivity contribution in [1.29, 1.82) is 0 Å². The van der Waals surface area contributed by atoms with E-state index in [1.807, 2.05) is 0 Å². The van der Waals surface area contributed by atoms with Gasteiger partial charge in [0.05, 0.1) is 18.2 Å². The molecule has 0 aliphatic heterocycles. The molecular formula is C9H6F4O2. The fourth-order valence-corrected chi connectivity index (χ4v) is 1.13. The zero-order valence-electron chi connectivity index (χ0n) is 7.56. The number of rotatable bonds is 2. The number of carbonyl (C=O) groups is 1. The maximum absolute atomic E-state index is 12.9. The highest BCUT2D eigenvalue weighted by molar-refractivity contribution is 5.80. The highest BCUT2D eigenvalue weighted by Crippen LogP contribution is 2.38. The quantitative estimate of drug-likeness (QED) is 0.568. The largest absolute Gasteiger partial charge is 0.495 e. The minimum Gasteiger partial charge on any atom is -0.495 e. The molecule has 0 atom stereocenters. The van der Waals surface area contributed by atoms with Gasteiger partial charge in [0.2, 0.25) is 0 Å². The Labute approximate surface area is 82.5 Å². The van der Waals surface area contributed by atoms with Crippen molar-refractivity contribution in [2.75, 3.05) is 7.11 Å². The zero-order valence-corrected chi connectivity index (χ0v) is 7.56. The van der Waals surface area contributed by atoms with Crippen molar-refractivity contribution in [3.8, 4) is 5.75 Å². The molecule has 15 heavy (non-hydrogen) atoms. The van der Waals surface area contributed by atoms with Crippen LogP contribution in [-0.4, -0.2) is 13.4 Å². The number of halogens is 4. The van der Waals surface area contributed by atoms with Gasteiger partial charge in [0, 0.05) is 0 Å².